The van der Waals surface area contributed by atoms with Crippen LogP contribution >= 0.6 is 11.6 Å². The maximum absolute atomic E-state index is 11.2. The number of carbonyl (C=O) groups is 1. The number of ether oxygens (including phenoxy) is 1. The number of rotatable bonds is 3. The topological polar surface area (TPSA) is 52.3 Å². The summed E-state index contributed by atoms with van der Waals surface area (Å²) < 4.78 is 4.83. The van der Waals surface area contributed by atoms with Gasteiger partial charge in [-0.15, -0.1) is 0 Å². The number of anilines is 1. The molecule has 0 spiro atoms. The summed E-state index contributed by atoms with van der Waals surface area (Å²) in [7, 11) is 0. The summed E-state index contributed by atoms with van der Waals surface area (Å²) in [6, 6.07) is 3.64. The fraction of sp³-hybridized carbons (Fsp3) is 0.364. The Morgan fingerprint density at radius 2 is 2.20 bits per heavy atom. The van der Waals surface area contributed by atoms with Gasteiger partial charge in [-0.25, -0.2) is 0 Å². The third-order valence-electron chi connectivity index (χ3n) is 2.12. The Hall–Kier alpha value is -1.22. The molecule has 0 bridgehead atoms. The summed E-state index contributed by atoms with van der Waals surface area (Å²) >= 11 is 6.01. The lowest BCUT2D eigenvalue weighted by atomic mass is 10.1. The first-order valence-corrected chi connectivity index (χ1v) is 5.13. The number of aryl methyl sites for hydroxylation is 1. The lowest BCUT2D eigenvalue weighted by molar-refractivity contribution is -0.142. The zero-order valence-corrected chi connectivity index (χ0v) is 9.60. The molecule has 0 aliphatic rings. The van der Waals surface area contributed by atoms with Gasteiger partial charge in [-0.1, -0.05) is 23.7 Å². The molecular weight excluding hydrogens is 214 g/mol. The molecule has 0 heterocycles. The highest BCUT2D eigenvalue weighted by molar-refractivity contribution is 6.34. The number of halogens is 1. The van der Waals surface area contributed by atoms with Gasteiger partial charge in [0.05, 0.1) is 23.7 Å². The SMILES string of the molecule is CCOC(=O)Cc1ccc(C)c(N)c1Cl. The van der Waals surface area contributed by atoms with Crippen molar-refractivity contribution in [1.29, 1.82) is 0 Å². The molecule has 0 aliphatic carbocycles. The largest absolute Gasteiger partial charge is 0.466 e. The van der Waals surface area contributed by atoms with Gasteiger partial charge in [0.25, 0.3) is 0 Å². The third kappa shape index (κ3) is 2.86. The lowest BCUT2D eigenvalue weighted by Gasteiger charge is -2.08. The minimum Gasteiger partial charge on any atom is -0.466 e. The van der Waals surface area contributed by atoms with Gasteiger partial charge >= 0.3 is 5.97 Å². The Kier molecular flexibility index (Phi) is 3.97. The van der Waals surface area contributed by atoms with E-state index in [1.54, 1.807) is 13.0 Å². The van der Waals surface area contributed by atoms with Crippen molar-refractivity contribution in [2.45, 2.75) is 20.3 Å². The van der Waals surface area contributed by atoms with Gasteiger partial charge in [-0.2, -0.15) is 0 Å². The molecule has 0 amide bonds. The van der Waals surface area contributed by atoms with Crippen molar-refractivity contribution in [3.05, 3.63) is 28.3 Å². The quantitative estimate of drug-likeness (QED) is 0.637. The number of nitrogens with two attached hydrogens (primary N) is 1. The molecule has 0 unspecified atom stereocenters. The summed E-state index contributed by atoms with van der Waals surface area (Å²) in [6.45, 7) is 4.01. The van der Waals surface area contributed by atoms with Crippen molar-refractivity contribution in [3.63, 3.8) is 0 Å². The highest BCUT2D eigenvalue weighted by atomic mass is 35.5. The molecule has 0 aliphatic heterocycles. The van der Waals surface area contributed by atoms with E-state index in [9.17, 15) is 4.79 Å². The van der Waals surface area contributed by atoms with E-state index in [2.05, 4.69) is 0 Å². The summed E-state index contributed by atoms with van der Waals surface area (Å²) in [6.07, 6.45) is 0.164. The highest BCUT2D eigenvalue weighted by Crippen LogP contribution is 2.27. The number of nitrogen functional groups attached to an aromatic ring is 1. The van der Waals surface area contributed by atoms with E-state index in [-0.39, 0.29) is 12.4 Å². The minimum absolute atomic E-state index is 0.164. The van der Waals surface area contributed by atoms with Crippen molar-refractivity contribution in [3.8, 4) is 0 Å². The second-order valence-corrected chi connectivity index (χ2v) is 3.63. The fourth-order valence-electron chi connectivity index (χ4n) is 1.24. The average molecular weight is 228 g/mol. The fourth-order valence-corrected chi connectivity index (χ4v) is 1.52. The molecule has 3 nitrogen and oxygen atoms in total. The molecule has 4 heteroatoms. The molecule has 2 N–H and O–H groups in total. The molecule has 0 radical (unpaired) electrons. The monoisotopic (exact) mass is 227 g/mol. The van der Waals surface area contributed by atoms with E-state index < -0.39 is 0 Å². The number of hydrogen-bond acceptors (Lipinski definition) is 3. The smallest absolute Gasteiger partial charge is 0.310 e. The second-order valence-electron chi connectivity index (χ2n) is 3.25. The number of esters is 1. The van der Waals surface area contributed by atoms with Crippen LogP contribution in [0.2, 0.25) is 5.02 Å². The normalized spacial score (nSPS) is 10.1. The maximum Gasteiger partial charge on any atom is 0.310 e. The van der Waals surface area contributed by atoms with Crippen LogP contribution in [0.25, 0.3) is 0 Å². The first-order chi connectivity index (χ1) is 7.06. The third-order valence-corrected chi connectivity index (χ3v) is 2.56. The highest BCUT2D eigenvalue weighted by Gasteiger charge is 2.10. The molecule has 1 aromatic rings. The van der Waals surface area contributed by atoms with Gasteiger partial charge in [0.1, 0.15) is 0 Å². The summed E-state index contributed by atoms with van der Waals surface area (Å²) in [5, 5.41) is 0.447. The Morgan fingerprint density at radius 3 is 2.80 bits per heavy atom. The van der Waals surface area contributed by atoms with E-state index in [0.29, 0.717) is 22.9 Å². The van der Waals surface area contributed by atoms with Crippen molar-refractivity contribution in [2.24, 2.45) is 0 Å². The molecule has 0 atom stereocenters. The van der Waals surface area contributed by atoms with Crippen molar-refractivity contribution in [2.75, 3.05) is 12.3 Å². The van der Waals surface area contributed by atoms with Gasteiger partial charge in [0, 0.05) is 0 Å². The van der Waals surface area contributed by atoms with Crippen LogP contribution in [0.4, 0.5) is 5.69 Å². The zero-order chi connectivity index (χ0) is 11.4. The zero-order valence-electron chi connectivity index (χ0n) is 8.84. The Morgan fingerprint density at radius 1 is 1.53 bits per heavy atom. The van der Waals surface area contributed by atoms with Gasteiger partial charge in [-0.3, -0.25) is 4.79 Å². The van der Waals surface area contributed by atoms with Gasteiger partial charge in [0.2, 0.25) is 0 Å². The molecule has 15 heavy (non-hydrogen) atoms. The molecule has 0 aromatic heterocycles. The Labute approximate surface area is 94.2 Å². The summed E-state index contributed by atoms with van der Waals surface area (Å²) in [5.74, 6) is -0.289. The van der Waals surface area contributed by atoms with Gasteiger partial charge in [-0.05, 0) is 25.0 Å². The second kappa shape index (κ2) is 5.03. The molecule has 0 fully saturated rings. The van der Waals surface area contributed by atoms with Crippen LogP contribution in [0.5, 0.6) is 0 Å². The number of benzene rings is 1. The van der Waals surface area contributed by atoms with E-state index in [0.717, 1.165) is 5.56 Å². The molecule has 1 aromatic carbocycles. The molecular formula is C11H14ClNO2. The lowest BCUT2D eigenvalue weighted by Crippen LogP contribution is -2.08. The Bertz CT molecular complexity index is 377. The predicted octanol–water partition coefficient (Wildman–Crippen LogP) is 2.34. The van der Waals surface area contributed by atoms with E-state index in [1.165, 1.54) is 0 Å². The van der Waals surface area contributed by atoms with Crippen molar-refractivity contribution < 1.29 is 9.53 Å². The van der Waals surface area contributed by atoms with Crippen LogP contribution in [0.1, 0.15) is 18.1 Å². The average Bonchev–Trinajstić information content (AvgIpc) is 2.20. The standard InChI is InChI=1S/C11H14ClNO2/c1-3-15-9(14)6-8-5-4-7(2)11(13)10(8)12/h4-5H,3,6,13H2,1-2H3. The van der Waals surface area contributed by atoms with E-state index in [4.69, 9.17) is 22.1 Å². The maximum atomic E-state index is 11.2. The molecule has 1 rings (SSSR count). The minimum atomic E-state index is -0.289. The Balaban J connectivity index is 2.87. The van der Waals surface area contributed by atoms with E-state index >= 15 is 0 Å². The van der Waals surface area contributed by atoms with E-state index in [1.807, 2.05) is 13.0 Å². The molecule has 82 valence electrons. The predicted molar refractivity (Wildman–Crippen MR) is 60.9 cm³/mol. The van der Waals surface area contributed by atoms with Crippen LogP contribution in [0.3, 0.4) is 0 Å². The first kappa shape index (κ1) is 11.9. The molecule has 0 saturated heterocycles. The number of carbonyl (C=O) groups excluding carboxylic acids is 1. The van der Waals surface area contributed by atoms with Crippen LogP contribution in [-0.4, -0.2) is 12.6 Å². The van der Waals surface area contributed by atoms with Crippen LogP contribution in [0, 0.1) is 6.92 Å². The summed E-state index contributed by atoms with van der Waals surface area (Å²) in [4.78, 5) is 11.2. The van der Waals surface area contributed by atoms with Gasteiger partial charge in [0.15, 0.2) is 0 Å². The van der Waals surface area contributed by atoms with Crippen LogP contribution in [-0.2, 0) is 16.0 Å². The van der Waals surface area contributed by atoms with Gasteiger partial charge < -0.3 is 10.5 Å². The van der Waals surface area contributed by atoms with Crippen molar-refractivity contribution in [1.82, 2.24) is 0 Å². The van der Waals surface area contributed by atoms with Crippen molar-refractivity contribution >= 4 is 23.3 Å². The number of hydrogen-bond donors (Lipinski definition) is 1. The summed E-state index contributed by atoms with van der Waals surface area (Å²) in [5.41, 5.74) is 7.89. The van der Waals surface area contributed by atoms with Crippen LogP contribution < -0.4 is 5.73 Å². The first-order valence-electron chi connectivity index (χ1n) is 4.75. The molecule has 0 saturated carbocycles. The van der Waals surface area contributed by atoms with Crippen LogP contribution in [0.15, 0.2) is 12.1 Å².